The van der Waals surface area contributed by atoms with E-state index in [2.05, 4.69) is 9.88 Å². The number of halogens is 2. The predicted octanol–water partition coefficient (Wildman–Crippen LogP) is -9.47. The Morgan fingerprint density at radius 2 is 1.21 bits per heavy atom. The van der Waals surface area contributed by atoms with E-state index in [4.69, 9.17) is 15.1 Å². The summed E-state index contributed by atoms with van der Waals surface area (Å²) >= 11 is 0. The van der Waals surface area contributed by atoms with Crippen LogP contribution in [0.5, 0.6) is 0 Å². The number of hydrogen-bond acceptors (Lipinski definition) is 7. The summed E-state index contributed by atoms with van der Waals surface area (Å²) < 4.78 is 21.0. The first-order valence-corrected chi connectivity index (χ1v) is 2.10. The summed E-state index contributed by atoms with van der Waals surface area (Å²) in [6.45, 7) is 0. The van der Waals surface area contributed by atoms with Gasteiger partial charge >= 0.3 is 49.7 Å². The number of rotatable bonds is 0. The second-order valence-corrected chi connectivity index (χ2v) is 1.04. The molecule has 0 unspecified atom stereocenters. The van der Waals surface area contributed by atoms with Crippen LogP contribution >= 0.6 is 0 Å². The quantitative estimate of drug-likeness (QED) is 0.304. The predicted molar refractivity (Wildman–Crippen MR) is 22.4 cm³/mol. The molecule has 0 rings (SSSR count). The summed E-state index contributed by atoms with van der Waals surface area (Å²) in [4.78, 5) is 23.4. The van der Waals surface area contributed by atoms with Crippen molar-refractivity contribution in [2.75, 3.05) is 0 Å². The molecule has 12 heteroatoms. The second kappa shape index (κ2) is 15.4. The number of carbonyl (C=O) groups is 2. The topological polar surface area (TPSA) is 119 Å². The molecule has 0 atom stereocenters. The fourth-order valence-electron chi connectivity index (χ4n) is 0.0630. The zero-order valence-corrected chi connectivity index (χ0v) is 7.23. The molecule has 70 valence electrons. The van der Waals surface area contributed by atoms with E-state index in [-0.39, 0.29) is 37.7 Å². The first-order valence-electron chi connectivity index (χ1n) is 2.10. The molecule has 0 aliphatic rings. The Bertz CT molecular complexity index is 140. The van der Waals surface area contributed by atoms with Crippen molar-refractivity contribution in [3.63, 3.8) is 0 Å². The van der Waals surface area contributed by atoms with Crippen molar-refractivity contribution >= 4 is 19.3 Å². The van der Waals surface area contributed by atoms with Gasteiger partial charge in [-0.3, -0.25) is 0 Å². The molecule has 0 saturated heterocycles. The fourth-order valence-corrected chi connectivity index (χ4v) is 0.0630. The normalized spacial score (nSPS) is 6.36. The molecule has 14 heavy (non-hydrogen) atoms. The minimum atomic E-state index is -2.67. The summed E-state index contributed by atoms with van der Waals surface area (Å²) in [5, 5.41) is 24.0. The van der Waals surface area contributed by atoms with Gasteiger partial charge in [-0.25, -0.2) is 19.5 Å². The number of hydrogen-bond donors (Lipinski definition) is 1. The van der Waals surface area contributed by atoms with Gasteiger partial charge in [-0.05, 0) is 0 Å². The average Bonchev–Trinajstić information content (AvgIpc) is 2.00. The third kappa shape index (κ3) is 22.7. The Labute approximate surface area is 101 Å². The summed E-state index contributed by atoms with van der Waals surface area (Å²) in [6, 6.07) is 0. The fraction of sp³-hybridized carbons (Fsp3) is 0. The van der Waals surface area contributed by atoms with Crippen LogP contribution in [0.2, 0.25) is 0 Å². The van der Waals surface area contributed by atoms with E-state index in [0.29, 0.717) is 0 Å². The van der Waals surface area contributed by atoms with Crippen LogP contribution in [0.15, 0.2) is 0 Å². The maximum absolute atomic E-state index is 10.5. The molecule has 0 aliphatic heterocycles. The van der Waals surface area contributed by atoms with Crippen LogP contribution in [-0.2, 0) is 19.5 Å². The first kappa shape index (κ1) is 23.6. The van der Waals surface area contributed by atoms with Crippen LogP contribution in [-0.4, -0.2) is 24.3 Å². The zero-order valence-electron chi connectivity index (χ0n) is 7.23. The molecule has 0 aromatic rings. The Balaban J connectivity index is -0.0000000733. The summed E-state index contributed by atoms with van der Waals surface area (Å²) in [5.41, 5.74) is 0. The van der Waals surface area contributed by atoms with E-state index in [1.807, 2.05) is 0 Å². The van der Waals surface area contributed by atoms with Crippen molar-refractivity contribution in [2.45, 2.75) is 0 Å². The summed E-state index contributed by atoms with van der Waals surface area (Å²) in [7, 11) is -2.67. The third-order valence-corrected chi connectivity index (χ3v) is 0.307. The maximum Gasteiger partial charge on any atom is 1.00 e. The SMILES string of the molecule is O=C(OF)C(=O)OF.[Li+].[Li+].[O-]B([O-])O. The van der Waals surface area contributed by atoms with Gasteiger partial charge in [0.1, 0.15) is 0 Å². The Hall–Kier alpha value is -0.0603. The monoisotopic (exact) mass is 200 g/mol. The van der Waals surface area contributed by atoms with Crippen molar-refractivity contribution in [3.05, 3.63) is 0 Å². The smallest absolute Gasteiger partial charge is 0.871 e. The van der Waals surface area contributed by atoms with E-state index in [1.165, 1.54) is 0 Å². The van der Waals surface area contributed by atoms with Gasteiger partial charge in [-0.15, -0.1) is 0 Å². The minimum Gasteiger partial charge on any atom is -0.871 e. The van der Waals surface area contributed by atoms with Crippen LogP contribution in [0.3, 0.4) is 0 Å². The third-order valence-electron chi connectivity index (χ3n) is 0.307. The summed E-state index contributed by atoms with van der Waals surface area (Å²) in [6.07, 6.45) is 0. The van der Waals surface area contributed by atoms with Crippen LogP contribution in [0.25, 0.3) is 0 Å². The zero-order chi connectivity index (χ0) is 10.1. The van der Waals surface area contributed by atoms with Gasteiger partial charge in [0.2, 0.25) is 0 Å². The molecule has 0 bridgehead atoms. The van der Waals surface area contributed by atoms with Crippen molar-refractivity contribution in [2.24, 2.45) is 0 Å². The summed E-state index contributed by atoms with van der Waals surface area (Å²) in [5.74, 6) is -4.04. The molecular formula is C2HBF2Li2O7. The maximum atomic E-state index is 10.5. The molecule has 0 saturated carbocycles. The van der Waals surface area contributed by atoms with Crippen LogP contribution in [0.1, 0.15) is 0 Å². The molecular weight excluding hydrogens is 199 g/mol. The van der Waals surface area contributed by atoms with E-state index < -0.39 is 19.3 Å². The van der Waals surface area contributed by atoms with Gasteiger partial charge in [0.05, 0.1) is 7.32 Å². The van der Waals surface area contributed by atoms with E-state index in [9.17, 15) is 18.6 Å². The first-order chi connectivity index (χ1) is 5.45. The van der Waals surface area contributed by atoms with E-state index in [1.54, 1.807) is 0 Å². The van der Waals surface area contributed by atoms with Crippen molar-refractivity contribution < 1.29 is 81.3 Å². The van der Waals surface area contributed by atoms with Crippen LogP contribution in [0.4, 0.5) is 9.05 Å². The Morgan fingerprint density at radius 3 is 1.29 bits per heavy atom. The van der Waals surface area contributed by atoms with Gasteiger partial charge in [0.15, 0.2) is 0 Å². The largest absolute Gasteiger partial charge is 1.00 e. The van der Waals surface area contributed by atoms with Gasteiger partial charge in [0, 0.05) is 9.05 Å². The van der Waals surface area contributed by atoms with Crippen molar-refractivity contribution in [1.29, 1.82) is 0 Å². The Morgan fingerprint density at radius 1 is 1.07 bits per heavy atom. The molecule has 0 spiro atoms. The Kier molecular flexibility index (Phi) is 26.0. The molecule has 0 aromatic carbocycles. The molecule has 7 nitrogen and oxygen atoms in total. The molecule has 0 fully saturated rings. The molecule has 1 N–H and O–H groups in total. The average molecular weight is 200 g/mol. The molecule has 0 amide bonds. The van der Waals surface area contributed by atoms with Crippen molar-refractivity contribution in [1.82, 2.24) is 0 Å². The van der Waals surface area contributed by atoms with Crippen molar-refractivity contribution in [3.8, 4) is 0 Å². The number of carbonyl (C=O) groups excluding carboxylic acids is 2. The minimum absolute atomic E-state index is 0. The van der Waals surface area contributed by atoms with Gasteiger partial charge in [-0.1, -0.05) is 0 Å². The van der Waals surface area contributed by atoms with Gasteiger partial charge < -0.3 is 15.1 Å². The van der Waals surface area contributed by atoms with Crippen LogP contribution < -0.4 is 47.8 Å². The standard InChI is InChI=1S/C2F2O4.BHO3.2Li/c3-7-1(5)2(6)8-4;2-1(3)4;;/h;2H;;/q;-2;2*+1. The second-order valence-electron chi connectivity index (χ2n) is 1.04. The van der Waals surface area contributed by atoms with Gasteiger partial charge in [0.25, 0.3) is 0 Å². The van der Waals surface area contributed by atoms with E-state index in [0.717, 1.165) is 0 Å². The van der Waals surface area contributed by atoms with E-state index >= 15 is 0 Å². The van der Waals surface area contributed by atoms with Gasteiger partial charge in [-0.2, -0.15) is 0 Å². The molecule has 0 radical (unpaired) electrons. The van der Waals surface area contributed by atoms with Crippen LogP contribution in [0, 0.1) is 0 Å². The molecule has 0 aromatic heterocycles. The molecule has 0 aliphatic carbocycles. The molecule has 0 heterocycles.